The van der Waals surface area contributed by atoms with Crippen molar-refractivity contribution in [1.29, 1.82) is 0 Å². The Bertz CT molecular complexity index is 1710. The molecule has 12 heteroatoms. The van der Waals surface area contributed by atoms with Gasteiger partial charge in [-0.05, 0) is 69.0 Å². The number of unbranched alkanes of at least 4 members (excludes halogenated alkanes) is 3. The highest BCUT2D eigenvalue weighted by Gasteiger charge is 2.23. The summed E-state index contributed by atoms with van der Waals surface area (Å²) in [6, 6.07) is 16.9. The van der Waals surface area contributed by atoms with Crippen LogP contribution in [0.3, 0.4) is 0 Å². The highest BCUT2D eigenvalue weighted by molar-refractivity contribution is 6.04. The summed E-state index contributed by atoms with van der Waals surface area (Å²) in [5.74, 6) is -1.20. The molecule has 0 spiro atoms. The van der Waals surface area contributed by atoms with Crippen LogP contribution in [0.4, 0.5) is 15.0 Å². The largest absolute Gasteiger partial charge is 0.484 e. The first-order chi connectivity index (χ1) is 23.1. The number of hydrogen-bond acceptors (Lipinski definition) is 9. The number of pyridine rings is 2. The molecule has 4 aromatic rings. The molecule has 11 nitrogen and oxygen atoms in total. The van der Waals surface area contributed by atoms with Gasteiger partial charge in [-0.3, -0.25) is 9.78 Å². The van der Waals surface area contributed by atoms with E-state index >= 15 is 0 Å². The van der Waals surface area contributed by atoms with Crippen LogP contribution in [0, 0.1) is 5.82 Å². The summed E-state index contributed by atoms with van der Waals surface area (Å²) >= 11 is 0. The smallest absolute Gasteiger partial charge is 0.407 e. The molecule has 0 aliphatic rings. The number of benzene rings is 2. The molecule has 0 bridgehead atoms. The predicted octanol–water partition coefficient (Wildman–Crippen LogP) is 6.56. The van der Waals surface area contributed by atoms with Crippen LogP contribution in [-0.2, 0) is 22.6 Å². The third kappa shape index (κ3) is 10.4. The predicted molar refractivity (Wildman–Crippen MR) is 180 cm³/mol. The lowest BCUT2D eigenvalue weighted by atomic mass is 10.1. The van der Waals surface area contributed by atoms with Gasteiger partial charge in [-0.1, -0.05) is 49.2 Å². The molecule has 254 valence electrons. The van der Waals surface area contributed by atoms with Crippen LogP contribution in [0.2, 0.25) is 0 Å². The number of anilines is 1. The number of halogens is 1. The van der Waals surface area contributed by atoms with Gasteiger partial charge in [0.05, 0.1) is 12.7 Å². The monoisotopic (exact) mass is 659 g/mol. The highest BCUT2D eigenvalue weighted by Crippen LogP contribution is 2.32. The van der Waals surface area contributed by atoms with Crippen LogP contribution >= 0.6 is 0 Å². The maximum atomic E-state index is 13.9. The number of carbonyl (C=O) groups excluding carboxylic acids is 3. The zero-order chi connectivity index (χ0) is 34.5. The van der Waals surface area contributed by atoms with Gasteiger partial charge < -0.3 is 30.2 Å². The number of alkyl carbamates (subject to hydrolysis) is 1. The van der Waals surface area contributed by atoms with Crippen molar-refractivity contribution in [3.8, 4) is 5.75 Å². The van der Waals surface area contributed by atoms with Gasteiger partial charge >= 0.3 is 12.1 Å². The summed E-state index contributed by atoms with van der Waals surface area (Å²) in [4.78, 5) is 47.1. The summed E-state index contributed by atoms with van der Waals surface area (Å²) in [5.41, 5.74) is 1.21. The quantitative estimate of drug-likeness (QED) is 0.0956. The number of aromatic nitrogens is 2. The fraction of sp³-hybridized carbons (Fsp3) is 0.361. The standard InChI is InChI=1S/C36H42FN5O6/c1-36(2,3)48-35(45)40-19-11-6-5-10-18-39-32-27-15-12-20-38-29(27)31(47-23-24-13-8-7-9-14-24)30(42-32)33(43)41-22-25-16-17-26(37)21-28(25)34(44)46-4/h7-9,12-17,20-21H,5-6,10-11,18-19,22-23H2,1-4H3,(H,39,42)(H,40,45)(H,41,43). The van der Waals surface area contributed by atoms with Crippen molar-refractivity contribution in [2.24, 2.45) is 0 Å². The molecule has 0 fully saturated rings. The maximum absolute atomic E-state index is 13.9. The van der Waals surface area contributed by atoms with Crippen molar-refractivity contribution in [2.75, 3.05) is 25.5 Å². The first kappa shape index (κ1) is 35.6. The molecule has 0 aliphatic heterocycles. The van der Waals surface area contributed by atoms with E-state index in [9.17, 15) is 18.8 Å². The van der Waals surface area contributed by atoms with Crippen molar-refractivity contribution in [1.82, 2.24) is 20.6 Å². The Morgan fingerprint density at radius 3 is 2.38 bits per heavy atom. The zero-order valence-corrected chi connectivity index (χ0v) is 27.7. The molecule has 4 rings (SSSR count). The molecule has 0 atom stereocenters. The molecular formula is C36H42FN5O6. The number of nitrogens with one attached hydrogen (secondary N) is 3. The van der Waals surface area contributed by atoms with E-state index in [1.54, 1.807) is 12.3 Å². The molecule has 48 heavy (non-hydrogen) atoms. The van der Waals surface area contributed by atoms with Crippen LogP contribution in [0.5, 0.6) is 5.75 Å². The van der Waals surface area contributed by atoms with Gasteiger partial charge in [-0.2, -0.15) is 0 Å². The number of hydrogen-bond donors (Lipinski definition) is 3. The van der Waals surface area contributed by atoms with E-state index in [0.717, 1.165) is 37.3 Å². The van der Waals surface area contributed by atoms with Crippen molar-refractivity contribution >= 4 is 34.7 Å². The summed E-state index contributed by atoms with van der Waals surface area (Å²) < 4.78 is 30.2. The van der Waals surface area contributed by atoms with Crippen molar-refractivity contribution in [2.45, 2.75) is 65.2 Å². The molecule has 0 aliphatic carbocycles. The summed E-state index contributed by atoms with van der Waals surface area (Å²) in [5, 5.41) is 9.60. The average molecular weight is 660 g/mol. The molecule has 2 amide bonds. The van der Waals surface area contributed by atoms with Crippen LogP contribution in [0.1, 0.15) is 78.4 Å². The van der Waals surface area contributed by atoms with Gasteiger partial charge in [-0.15, -0.1) is 0 Å². The van der Waals surface area contributed by atoms with Crippen LogP contribution in [0.25, 0.3) is 10.9 Å². The maximum Gasteiger partial charge on any atom is 0.407 e. The van der Waals surface area contributed by atoms with Crippen LogP contribution in [-0.4, -0.2) is 53.7 Å². The minimum Gasteiger partial charge on any atom is -0.484 e. The lowest BCUT2D eigenvalue weighted by molar-refractivity contribution is 0.0525. The van der Waals surface area contributed by atoms with E-state index in [1.165, 1.54) is 19.2 Å². The van der Waals surface area contributed by atoms with Gasteiger partial charge in [0.25, 0.3) is 5.91 Å². The fourth-order valence-corrected chi connectivity index (χ4v) is 4.84. The molecular weight excluding hydrogens is 617 g/mol. The normalized spacial score (nSPS) is 11.1. The third-order valence-corrected chi connectivity index (χ3v) is 7.14. The Morgan fingerprint density at radius 1 is 0.896 bits per heavy atom. The van der Waals surface area contributed by atoms with E-state index in [4.69, 9.17) is 19.2 Å². The molecule has 2 aromatic heterocycles. The van der Waals surface area contributed by atoms with Gasteiger partial charge in [0.1, 0.15) is 29.4 Å². The SMILES string of the molecule is COC(=O)c1cc(F)ccc1CNC(=O)c1nc(NCCCCCCNC(=O)OC(C)(C)C)c2cccnc2c1OCc1ccccc1. The lowest BCUT2D eigenvalue weighted by Crippen LogP contribution is -2.32. The average Bonchev–Trinajstić information content (AvgIpc) is 3.07. The second-order valence-electron chi connectivity index (χ2n) is 12.1. The van der Waals surface area contributed by atoms with E-state index in [0.29, 0.717) is 35.4 Å². The number of methoxy groups -OCH3 is 1. The van der Waals surface area contributed by atoms with Crippen LogP contribution < -0.4 is 20.7 Å². The topological polar surface area (TPSA) is 141 Å². The second-order valence-corrected chi connectivity index (χ2v) is 12.1. The number of carbonyl (C=O) groups is 3. The van der Waals surface area contributed by atoms with Gasteiger partial charge in [0, 0.05) is 31.2 Å². The van der Waals surface area contributed by atoms with Gasteiger partial charge in [-0.25, -0.2) is 19.0 Å². The fourth-order valence-electron chi connectivity index (χ4n) is 4.84. The van der Waals surface area contributed by atoms with Gasteiger partial charge in [0.15, 0.2) is 11.4 Å². The molecule has 0 saturated heterocycles. The van der Waals surface area contributed by atoms with E-state index in [1.807, 2.05) is 57.2 Å². The summed E-state index contributed by atoms with van der Waals surface area (Å²) in [6.07, 6.45) is 4.65. The van der Waals surface area contributed by atoms with E-state index in [-0.39, 0.29) is 30.2 Å². The first-order valence-electron chi connectivity index (χ1n) is 15.9. The van der Waals surface area contributed by atoms with Gasteiger partial charge in [0.2, 0.25) is 0 Å². The number of amides is 2. The van der Waals surface area contributed by atoms with E-state index in [2.05, 4.69) is 20.9 Å². The highest BCUT2D eigenvalue weighted by atomic mass is 19.1. The summed E-state index contributed by atoms with van der Waals surface area (Å²) in [6.45, 7) is 6.67. The lowest BCUT2D eigenvalue weighted by Gasteiger charge is -2.19. The number of nitrogens with zero attached hydrogens (tertiary/aromatic N) is 2. The number of ether oxygens (including phenoxy) is 3. The second kappa shape index (κ2) is 17.1. The number of fused-ring (bicyclic) bond motifs is 1. The first-order valence-corrected chi connectivity index (χ1v) is 15.9. The molecule has 2 heterocycles. The minimum absolute atomic E-state index is 0.00876. The van der Waals surface area contributed by atoms with E-state index < -0.39 is 29.4 Å². The number of esters is 1. The minimum atomic E-state index is -0.718. The molecule has 3 N–H and O–H groups in total. The molecule has 2 aromatic carbocycles. The molecule has 0 unspecified atom stereocenters. The Labute approximate surface area is 279 Å². The van der Waals surface area contributed by atoms with Crippen molar-refractivity contribution in [3.63, 3.8) is 0 Å². The third-order valence-electron chi connectivity index (χ3n) is 7.14. The van der Waals surface area contributed by atoms with Crippen LogP contribution in [0.15, 0.2) is 66.9 Å². The Kier molecular flexibility index (Phi) is 12.6. The Balaban J connectivity index is 1.49. The molecule has 0 radical (unpaired) electrons. The Morgan fingerprint density at radius 2 is 1.65 bits per heavy atom. The van der Waals surface area contributed by atoms with Crippen molar-refractivity contribution < 1.29 is 33.0 Å². The van der Waals surface area contributed by atoms with Crippen molar-refractivity contribution in [3.05, 3.63) is 95.1 Å². The molecule has 0 saturated carbocycles. The Hall–Kier alpha value is -5.26. The zero-order valence-electron chi connectivity index (χ0n) is 27.7. The number of rotatable bonds is 15. The summed E-state index contributed by atoms with van der Waals surface area (Å²) in [7, 11) is 1.20.